The fraction of sp³-hybridized carbons (Fsp3) is 0.176. The fourth-order valence-electron chi connectivity index (χ4n) is 15.2. The van der Waals surface area contributed by atoms with Crippen LogP contribution < -0.4 is 13.7 Å². The Balaban J connectivity index is 0.000000119. The molecule has 0 aliphatic heterocycles. The lowest BCUT2D eigenvalue weighted by molar-refractivity contribution is -0.659. The number of aromatic nitrogens is 3. The van der Waals surface area contributed by atoms with Gasteiger partial charge in [0.1, 0.15) is 54.6 Å². The predicted octanol–water partition coefficient (Wildman–Crippen LogP) is 23.5. The minimum absolute atomic E-state index is 0.478. The lowest BCUT2D eigenvalue weighted by Crippen LogP contribution is -2.30. The van der Waals surface area contributed by atoms with Crippen molar-refractivity contribution in [3.63, 3.8) is 0 Å². The van der Waals surface area contributed by atoms with E-state index in [2.05, 4.69) is 257 Å². The summed E-state index contributed by atoms with van der Waals surface area (Å²) in [5.41, 5.74) is 18.7. The van der Waals surface area contributed by atoms with Crippen LogP contribution in [0.3, 0.4) is 0 Å². The molecule has 0 fully saturated rings. The summed E-state index contributed by atoms with van der Waals surface area (Å²) in [6.07, 6.45) is 7.36. The van der Waals surface area contributed by atoms with Crippen molar-refractivity contribution in [2.45, 2.75) is 80.5 Å². The van der Waals surface area contributed by atoms with E-state index in [9.17, 15) is 0 Å². The Morgan fingerprint density at radius 2 is 0.639 bits per heavy atom. The van der Waals surface area contributed by atoms with E-state index in [1.54, 1.807) is 6.07 Å². The average Bonchev–Trinajstić information content (AvgIpc) is 1.54. The second-order valence-electron chi connectivity index (χ2n) is 27.2. The quantitative estimate of drug-likeness (QED) is 0.149. The van der Waals surface area contributed by atoms with Crippen LogP contribution in [0.2, 0.25) is 0 Å². The maximum Gasteiger partial charge on any atom is 0.220 e. The molecule has 0 aliphatic rings. The van der Waals surface area contributed by atoms with Crippen molar-refractivity contribution in [1.82, 2.24) is 0 Å². The normalized spacial score (nSPS) is 13.6. The molecule has 6 heteroatoms. The van der Waals surface area contributed by atoms with Gasteiger partial charge in [0.05, 0.1) is 32.8 Å². The first kappa shape index (κ1) is 55.3. The smallest absolute Gasteiger partial charge is 0.220 e. The van der Waals surface area contributed by atoms with E-state index in [4.69, 9.17) is 20.1 Å². The zero-order chi connectivity index (χ0) is 71.0. The van der Waals surface area contributed by atoms with Crippen LogP contribution in [-0.2, 0) is 27.6 Å². The van der Waals surface area contributed by atoms with Crippen molar-refractivity contribution in [3.8, 4) is 33.8 Å². The van der Waals surface area contributed by atoms with E-state index >= 15 is 0 Å². The molecule has 0 radical (unpaired) electrons. The molecule has 0 spiro atoms. The largest absolute Gasteiger partial charge is 0.455 e. The molecule has 0 amide bonds. The fourth-order valence-corrected chi connectivity index (χ4v) is 15.2. The Hall–Kier alpha value is -11.0. The maximum atomic E-state index is 8.51. The van der Waals surface area contributed by atoms with Gasteiger partial charge >= 0.3 is 0 Å². The number of fused-ring (bicyclic) bond motifs is 18. The molecule has 0 saturated carbocycles. The highest BCUT2D eigenvalue weighted by molar-refractivity contribution is 6.19. The van der Waals surface area contributed by atoms with Crippen LogP contribution in [-0.4, -0.2) is 0 Å². The predicted molar refractivity (Wildman–Crippen MR) is 407 cm³/mol. The molecule has 0 N–H and O–H groups in total. The average molecular weight is 1270 g/mol. The molecule has 6 nitrogen and oxygen atoms in total. The van der Waals surface area contributed by atoms with Gasteiger partial charge in [-0.3, -0.25) is 0 Å². The number of rotatable bonds is 7. The van der Waals surface area contributed by atoms with Crippen molar-refractivity contribution in [2.75, 3.05) is 0 Å². The van der Waals surface area contributed by atoms with Crippen molar-refractivity contribution in [2.24, 2.45) is 27.1 Å². The highest BCUT2D eigenvalue weighted by Crippen LogP contribution is 2.44. The van der Waals surface area contributed by atoms with Crippen LogP contribution in [0, 0.1) is 26.7 Å². The number of pyridine rings is 3. The molecule has 0 saturated heterocycles. The molecule has 6 heterocycles. The molecule has 474 valence electrons. The summed E-state index contributed by atoms with van der Waals surface area (Å²) >= 11 is 0. The molecule has 6 aromatic heterocycles. The Morgan fingerprint density at radius 3 is 1.00 bits per heavy atom. The third-order valence-electron chi connectivity index (χ3n) is 20.2. The number of hydrogen-bond acceptors (Lipinski definition) is 3. The summed E-state index contributed by atoms with van der Waals surface area (Å²) < 4.78 is 66.5. The number of nitrogens with zero attached hydrogens (tertiary/aromatic N) is 3. The van der Waals surface area contributed by atoms with Gasteiger partial charge in [0.15, 0.2) is 18.6 Å². The van der Waals surface area contributed by atoms with Gasteiger partial charge in [0.2, 0.25) is 17.1 Å². The zero-order valence-electron chi connectivity index (χ0n) is 61.9. The molecule has 0 bridgehead atoms. The lowest BCUT2D eigenvalue weighted by Gasteiger charge is -2.11. The van der Waals surface area contributed by atoms with Crippen LogP contribution in [0.5, 0.6) is 0 Å². The number of benzene rings is 12. The van der Waals surface area contributed by atoms with Crippen molar-refractivity contribution in [1.29, 1.82) is 0 Å². The highest BCUT2D eigenvalue weighted by Gasteiger charge is 2.26. The number of furan rings is 3. The maximum absolute atomic E-state index is 8.51. The minimum atomic E-state index is -2.42. The molecule has 12 aromatic carbocycles. The Kier molecular flexibility index (Phi) is 13.7. The topological polar surface area (TPSA) is 51.1 Å². The third-order valence-corrected chi connectivity index (χ3v) is 20.2. The Labute approximate surface area is 572 Å². The van der Waals surface area contributed by atoms with E-state index in [0.29, 0.717) is 11.5 Å². The molecule has 0 aliphatic carbocycles. The highest BCUT2D eigenvalue weighted by atomic mass is 16.3. The Bertz CT molecular complexity index is 6480. The molecule has 97 heavy (non-hydrogen) atoms. The van der Waals surface area contributed by atoms with E-state index in [1.165, 1.54) is 72.4 Å². The van der Waals surface area contributed by atoms with Crippen LogP contribution >= 0.6 is 0 Å². The third kappa shape index (κ3) is 10.4. The SMILES string of the molecule is Cc1c(-c2c3ccc(CC(C)C)cc3cc[n+]2C)ccc2c1oc1c3ccccc3ccc21.[2H]C(C)(C)c1ccc2c(-c3ccc4c(oc5c6ccccc6ccc45)c3C)[n+](C)ccc2c1.[2H]C([2H])([2H])C([2H])(C)c1ccc2c(-c3ccc4c(oc5c6ccccc6ccc45)c3C)[n+](C)ccc2c1. The summed E-state index contributed by atoms with van der Waals surface area (Å²) in [4.78, 5) is 0. The van der Waals surface area contributed by atoms with E-state index in [0.717, 1.165) is 133 Å². The zero-order valence-corrected chi connectivity index (χ0v) is 56.9. The van der Waals surface area contributed by atoms with E-state index in [1.807, 2.05) is 57.4 Å². The van der Waals surface area contributed by atoms with Gasteiger partial charge in [0.25, 0.3) is 0 Å². The summed E-state index contributed by atoms with van der Waals surface area (Å²) in [5, 5.41) is 20.6. The van der Waals surface area contributed by atoms with Crippen molar-refractivity contribution in [3.05, 3.63) is 270 Å². The van der Waals surface area contributed by atoms with E-state index in [-0.39, 0.29) is 0 Å². The number of aryl methyl sites for hydroxylation is 6. The summed E-state index contributed by atoms with van der Waals surface area (Å²) in [7, 11) is 6.23. The van der Waals surface area contributed by atoms with Crippen LogP contribution in [0.4, 0.5) is 0 Å². The first-order chi connectivity index (χ1) is 48.9. The molecule has 18 aromatic rings. The van der Waals surface area contributed by atoms with Crippen LogP contribution in [0.1, 0.15) is 93.5 Å². The van der Waals surface area contributed by atoms with Gasteiger partial charge in [-0.05, 0) is 167 Å². The van der Waals surface area contributed by atoms with Gasteiger partial charge in [0, 0.05) is 90.2 Å². The summed E-state index contributed by atoms with van der Waals surface area (Å²) in [6.45, 7) is 13.9. The molecule has 1 unspecified atom stereocenters. The van der Waals surface area contributed by atoms with Crippen molar-refractivity contribution >= 4 is 130 Å². The summed E-state index contributed by atoms with van der Waals surface area (Å²) in [5.74, 6) is -1.67. The first-order valence-corrected chi connectivity index (χ1v) is 33.7. The van der Waals surface area contributed by atoms with Gasteiger partial charge in [-0.1, -0.05) is 169 Å². The molecule has 1 atom stereocenters. The van der Waals surface area contributed by atoms with Gasteiger partial charge in [-0.15, -0.1) is 0 Å². The van der Waals surface area contributed by atoms with Gasteiger partial charge in [-0.2, -0.15) is 0 Å². The second kappa shape index (κ2) is 24.1. The standard InChI is InChI=1S/C31H28NO.2C30H26NO/c1-19(2)17-21-9-11-25-23(18-21)15-16-32(4)29(25)24-13-14-27-28-12-10-22-7-5-6-8-26(22)31(28)33-30(27)20(24)3;2*1-18(2)21-10-11-24-22(17-21)15-16-31(4)28(24)23-13-14-26-27-12-9-20-7-5-6-8-25(20)30(27)32-29(26)19(23)3/h5-16,18-19H,17H2,1-4H3;2*5-18H,1-4H3/q3*+1/i;1D3,18D;18D. The monoisotopic (exact) mass is 1270 g/mol. The van der Waals surface area contributed by atoms with Gasteiger partial charge in [-0.25, -0.2) is 13.7 Å². The molecular formula is C91H80N3O3+3. The van der Waals surface area contributed by atoms with E-state index < -0.39 is 18.6 Å². The van der Waals surface area contributed by atoms with Crippen LogP contribution in [0.25, 0.3) is 164 Å². The summed E-state index contributed by atoms with van der Waals surface area (Å²) in [6, 6.07) is 76.4. The minimum Gasteiger partial charge on any atom is -0.455 e. The molecule has 18 rings (SSSR count). The van der Waals surface area contributed by atoms with Crippen LogP contribution in [0.15, 0.2) is 250 Å². The number of hydrogen-bond donors (Lipinski definition) is 0. The van der Waals surface area contributed by atoms with Crippen molar-refractivity contribution < 1.29 is 33.8 Å². The molecular weight excluding hydrogens is 1180 g/mol. The Morgan fingerprint density at radius 1 is 0.320 bits per heavy atom. The second-order valence-corrected chi connectivity index (χ2v) is 27.2. The lowest BCUT2D eigenvalue weighted by atomic mass is 9.94. The van der Waals surface area contributed by atoms with Gasteiger partial charge < -0.3 is 13.3 Å². The first-order valence-electron chi connectivity index (χ1n) is 36.2.